The lowest BCUT2D eigenvalue weighted by Gasteiger charge is -2.12. The van der Waals surface area contributed by atoms with Crippen molar-refractivity contribution < 1.29 is 18.2 Å². The molecule has 1 rings (SSSR count). The van der Waals surface area contributed by atoms with E-state index in [9.17, 15) is 13.2 Å². The standard InChI is InChI=1S/C13H22N4O3S/c1-4-5-7-15-11-6-8-14-9-12(11)21(19,20)17-13(18)16-10(2)3/h6,8-10H,4-5,7H2,1-3H3,(H,14,15)(H2,16,17,18)/p+1. The van der Waals surface area contributed by atoms with E-state index in [1.807, 2.05) is 4.72 Å². The maximum atomic E-state index is 12.2. The summed E-state index contributed by atoms with van der Waals surface area (Å²) in [5.74, 6) is 0. The third-order valence-electron chi connectivity index (χ3n) is 2.61. The molecule has 1 aromatic rings. The van der Waals surface area contributed by atoms with Gasteiger partial charge in [0.15, 0.2) is 17.3 Å². The highest BCUT2D eigenvalue weighted by Crippen LogP contribution is 2.18. The van der Waals surface area contributed by atoms with Crippen LogP contribution in [0.3, 0.4) is 0 Å². The van der Waals surface area contributed by atoms with Gasteiger partial charge in [-0.25, -0.2) is 22.9 Å². The number of nitrogens with one attached hydrogen (secondary N) is 4. The molecule has 0 atom stereocenters. The Morgan fingerprint density at radius 3 is 2.71 bits per heavy atom. The van der Waals surface area contributed by atoms with E-state index in [-0.39, 0.29) is 10.9 Å². The number of hydrogen-bond acceptors (Lipinski definition) is 4. The smallest absolute Gasteiger partial charge is 0.328 e. The summed E-state index contributed by atoms with van der Waals surface area (Å²) in [7, 11) is -3.93. The molecule has 0 radical (unpaired) electrons. The fourth-order valence-corrected chi connectivity index (χ4v) is 2.72. The fraction of sp³-hybridized carbons (Fsp3) is 0.538. The van der Waals surface area contributed by atoms with Crippen molar-refractivity contribution in [3.63, 3.8) is 0 Å². The van der Waals surface area contributed by atoms with Crippen LogP contribution in [0.25, 0.3) is 0 Å². The SMILES string of the molecule is CCCCNc1cc[nH+]cc1S(=O)(=O)NC(=O)NC(C)C. The molecule has 21 heavy (non-hydrogen) atoms. The number of unbranched alkanes of at least 4 members (excludes halogenated alkanes) is 1. The molecule has 2 amide bonds. The number of rotatable bonds is 7. The van der Waals surface area contributed by atoms with Gasteiger partial charge in [0.2, 0.25) is 0 Å². The summed E-state index contributed by atoms with van der Waals surface area (Å²) >= 11 is 0. The predicted octanol–water partition coefficient (Wildman–Crippen LogP) is 1.11. The number of H-pyrrole nitrogens is 1. The third kappa shape index (κ3) is 5.58. The van der Waals surface area contributed by atoms with Gasteiger partial charge in [0.25, 0.3) is 10.0 Å². The van der Waals surface area contributed by atoms with Crippen molar-refractivity contribution in [2.24, 2.45) is 0 Å². The quantitative estimate of drug-likeness (QED) is 0.656. The van der Waals surface area contributed by atoms with E-state index in [4.69, 9.17) is 0 Å². The highest BCUT2D eigenvalue weighted by Gasteiger charge is 2.23. The molecule has 0 saturated carbocycles. The van der Waals surface area contributed by atoms with E-state index in [0.29, 0.717) is 12.2 Å². The molecular weight excluding hydrogens is 292 g/mol. The van der Waals surface area contributed by atoms with Gasteiger partial charge in [-0.05, 0) is 20.3 Å². The molecule has 0 saturated heterocycles. The average molecular weight is 315 g/mol. The molecule has 0 bridgehead atoms. The van der Waals surface area contributed by atoms with E-state index < -0.39 is 16.1 Å². The largest absolute Gasteiger partial charge is 0.384 e. The van der Waals surface area contributed by atoms with E-state index in [2.05, 4.69) is 22.5 Å². The summed E-state index contributed by atoms with van der Waals surface area (Å²) in [5, 5.41) is 5.54. The van der Waals surface area contributed by atoms with Crippen LogP contribution in [0.5, 0.6) is 0 Å². The highest BCUT2D eigenvalue weighted by atomic mass is 32.2. The third-order valence-corrected chi connectivity index (χ3v) is 3.98. The molecule has 0 fully saturated rings. The molecule has 8 heteroatoms. The molecular formula is C13H23N4O3S+. The van der Waals surface area contributed by atoms with Crippen LogP contribution >= 0.6 is 0 Å². The summed E-state index contributed by atoms with van der Waals surface area (Å²) in [5.41, 5.74) is 0.465. The van der Waals surface area contributed by atoms with Gasteiger partial charge in [-0.1, -0.05) is 13.3 Å². The zero-order valence-electron chi connectivity index (χ0n) is 12.6. The van der Waals surface area contributed by atoms with Crippen molar-refractivity contribution >= 4 is 21.7 Å². The molecule has 7 nitrogen and oxygen atoms in total. The number of anilines is 1. The summed E-state index contributed by atoms with van der Waals surface area (Å²) in [6, 6.07) is 0.739. The number of aromatic amines is 1. The van der Waals surface area contributed by atoms with Gasteiger partial charge in [0.05, 0.1) is 5.69 Å². The van der Waals surface area contributed by atoms with Gasteiger partial charge in [-0.3, -0.25) is 0 Å². The second-order valence-electron chi connectivity index (χ2n) is 4.94. The summed E-state index contributed by atoms with van der Waals surface area (Å²) in [6.45, 7) is 6.22. The zero-order valence-corrected chi connectivity index (χ0v) is 13.4. The van der Waals surface area contributed by atoms with Crippen molar-refractivity contribution in [2.45, 2.75) is 44.6 Å². The number of sulfonamides is 1. The van der Waals surface area contributed by atoms with Crippen molar-refractivity contribution in [1.29, 1.82) is 0 Å². The molecule has 4 N–H and O–H groups in total. The van der Waals surface area contributed by atoms with E-state index in [0.717, 1.165) is 12.8 Å². The first-order valence-corrected chi connectivity index (χ1v) is 8.42. The molecule has 0 spiro atoms. The van der Waals surface area contributed by atoms with Crippen LogP contribution in [0.2, 0.25) is 0 Å². The fourth-order valence-electron chi connectivity index (χ4n) is 1.65. The van der Waals surface area contributed by atoms with Gasteiger partial charge >= 0.3 is 6.03 Å². The normalized spacial score (nSPS) is 11.2. The summed E-state index contributed by atoms with van der Waals surface area (Å²) < 4.78 is 26.5. The molecule has 1 aromatic heterocycles. The van der Waals surface area contributed by atoms with E-state index in [1.54, 1.807) is 26.1 Å². The minimum atomic E-state index is -3.93. The maximum Gasteiger partial charge on any atom is 0.328 e. The number of hydrogen-bond donors (Lipinski definition) is 3. The number of amides is 2. The van der Waals surface area contributed by atoms with Crippen molar-refractivity contribution in [3.05, 3.63) is 18.5 Å². The first-order chi connectivity index (χ1) is 9.86. The Hall–Kier alpha value is -1.83. The van der Waals surface area contributed by atoms with Gasteiger partial charge in [0.1, 0.15) is 0 Å². The lowest BCUT2D eigenvalue weighted by molar-refractivity contribution is -0.380. The van der Waals surface area contributed by atoms with Crippen molar-refractivity contribution in [2.75, 3.05) is 11.9 Å². The predicted molar refractivity (Wildman–Crippen MR) is 80.4 cm³/mol. The van der Waals surface area contributed by atoms with Crippen LogP contribution in [-0.4, -0.2) is 27.0 Å². The van der Waals surface area contributed by atoms with Crippen molar-refractivity contribution in [3.8, 4) is 0 Å². The Labute approximate surface area is 125 Å². The Balaban J connectivity index is 2.89. The molecule has 0 aliphatic heterocycles. The average Bonchev–Trinajstić information content (AvgIpc) is 2.37. The van der Waals surface area contributed by atoms with Crippen LogP contribution in [0.15, 0.2) is 23.4 Å². The number of carbonyl (C=O) groups excluding carboxylic acids is 1. The Morgan fingerprint density at radius 1 is 1.38 bits per heavy atom. The molecule has 0 unspecified atom stereocenters. The second kappa shape index (κ2) is 7.82. The number of carbonyl (C=O) groups is 1. The Bertz CT molecular complexity index is 573. The number of urea groups is 1. The topological polar surface area (TPSA) is 101 Å². The Morgan fingerprint density at radius 2 is 2.10 bits per heavy atom. The molecule has 0 aliphatic rings. The van der Waals surface area contributed by atoms with Crippen LogP contribution in [0, 0.1) is 0 Å². The van der Waals surface area contributed by atoms with E-state index >= 15 is 0 Å². The minimum absolute atomic E-state index is 0.0139. The van der Waals surface area contributed by atoms with Crippen LogP contribution in [-0.2, 0) is 10.0 Å². The summed E-state index contributed by atoms with van der Waals surface area (Å²) in [6.07, 6.45) is 4.91. The molecule has 0 aromatic carbocycles. The van der Waals surface area contributed by atoms with Crippen LogP contribution in [0.4, 0.5) is 10.5 Å². The highest BCUT2D eigenvalue weighted by molar-refractivity contribution is 7.90. The summed E-state index contributed by atoms with van der Waals surface area (Å²) in [4.78, 5) is 14.3. The lowest BCUT2D eigenvalue weighted by Crippen LogP contribution is -2.42. The van der Waals surface area contributed by atoms with Gasteiger partial charge in [-0.15, -0.1) is 0 Å². The number of aromatic nitrogens is 1. The van der Waals surface area contributed by atoms with E-state index in [1.165, 1.54) is 6.20 Å². The second-order valence-corrected chi connectivity index (χ2v) is 6.59. The monoisotopic (exact) mass is 315 g/mol. The first-order valence-electron chi connectivity index (χ1n) is 6.94. The molecule has 0 aliphatic carbocycles. The minimum Gasteiger partial charge on any atom is -0.384 e. The first kappa shape index (κ1) is 17.2. The van der Waals surface area contributed by atoms with Gasteiger partial charge in [-0.2, -0.15) is 0 Å². The van der Waals surface area contributed by atoms with Gasteiger partial charge in [0, 0.05) is 18.7 Å². The maximum absolute atomic E-state index is 12.2. The lowest BCUT2D eigenvalue weighted by atomic mass is 10.3. The van der Waals surface area contributed by atoms with Gasteiger partial charge < -0.3 is 10.6 Å². The number of pyridine rings is 1. The van der Waals surface area contributed by atoms with Crippen LogP contribution in [0.1, 0.15) is 33.6 Å². The Kier molecular flexibility index (Phi) is 6.41. The van der Waals surface area contributed by atoms with Crippen LogP contribution < -0.4 is 20.3 Å². The van der Waals surface area contributed by atoms with Crippen molar-refractivity contribution in [1.82, 2.24) is 10.0 Å². The molecule has 118 valence electrons. The zero-order chi connectivity index (χ0) is 15.9. The molecule has 1 heterocycles.